The molecule has 1 saturated carbocycles. The van der Waals surface area contributed by atoms with Gasteiger partial charge in [-0.1, -0.05) is 38.4 Å². The Labute approximate surface area is 102 Å². The molecular formula is C14H16ClN. The average molecular weight is 234 g/mol. The lowest BCUT2D eigenvalue weighted by atomic mass is 9.84. The maximum absolute atomic E-state index is 9.20. The third kappa shape index (κ3) is 1.95. The largest absolute Gasteiger partial charge is 0.197 e. The van der Waals surface area contributed by atoms with Gasteiger partial charge in [-0.25, -0.2) is 0 Å². The molecule has 0 radical (unpaired) electrons. The lowest BCUT2D eigenvalue weighted by molar-refractivity contribution is 0.588. The Hall–Kier alpha value is -1.00. The summed E-state index contributed by atoms with van der Waals surface area (Å²) in [6, 6.07) is 8.49. The van der Waals surface area contributed by atoms with Crippen molar-refractivity contribution in [2.75, 3.05) is 0 Å². The monoisotopic (exact) mass is 233 g/mol. The molecule has 1 nitrogen and oxygen atoms in total. The van der Waals surface area contributed by atoms with Crippen LogP contribution in [0.25, 0.3) is 0 Å². The van der Waals surface area contributed by atoms with Crippen LogP contribution in [0, 0.1) is 11.3 Å². The van der Waals surface area contributed by atoms with Crippen molar-refractivity contribution in [2.24, 2.45) is 0 Å². The quantitative estimate of drug-likeness (QED) is 0.714. The van der Waals surface area contributed by atoms with Gasteiger partial charge >= 0.3 is 0 Å². The van der Waals surface area contributed by atoms with E-state index in [0.717, 1.165) is 23.4 Å². The molecular weight excluding hydrogens is 218 g/mol. The minimum Gasteiger partial charge on any atom is -0.197 e. The lowest BCUT2D eigenvalue weighted by Gasteiger charge is -2.21. The zero-order chi connectivity index (χ0) is 12.0. The molecule has 1 fully saturated rings. The summed E-state index contributed by atoms with van der Waals surface area (Å²) in [7, 11) is 0. The molecule has 2 rings (SSSR count). The van der Waals surface area contributed by atoms with Crippen LogP contribution in [0.15, 0.2) is 18.2 Å². The third-order valence-electron chi connectivity index (χ3n) is 3.28. The maximum atomic E-state index is 9.20. The fourth-order valence-electron chi connectivity index (χ4n) is 1.89. The predicted molar refractivity (Wildman–Crippen MR) is 66.7 cm³/mol. The van der Waals surface area contributed by atoms with E-state index in [1.807, 2.05) is 12.1 Å². The van der Waals surface area contributed by atoms with E-state index in [-0.39, 0.29) is 10.8 Å². The van der Waals surface area contributed by atoms with Crippen LogP contribution in [0.3, 0.4) is 0 Å². The summed E-state index contributed by atoms with van der Waals surface area (Å²) >= 11 is 6.14. The van der Waals surface area contributed by atoms with Crippen LogP contribution >= 0.6 is 11.6 Å². The van der Waals surface area contributed by atoms with Gasteiger partial charge in [-0.05, 0) is 41.5 Å². The molecule has 0 N–H and O–H groups in total. The van der Waals surface area contributed by atoms with E-state index in [0.29, 0.717) is 0 Å². The highest BCUT2D eigenvalue weighted by molar-refractivity contribution is 6.30. The number of nitriles is 1. The summed E-state index contributed by atoms with van der Waals surface area (Å²) < 4.78 is 0. The topological polar surface area (TPSA) is 23.8 Å². The van der Waals surface area contributed by atoms with Gasteiger partial charge < -0.3 is 0 Å². The second kappa shape index (κ2) is 3.50. The van der Waals surface area contributed by atoms with Crippen molar-refractivity contribution in [2.45, 2.75) is 44.4 Å². The van der Waals surface area contributed by atoms with Gasteiger partial charge in [0.15, 0.2) is 0 Å². The number of rotatable bonds is 1. The van der Waals surface area contributed by atoms with E-state index in [1.54, 1.807) is 0 Å². The van der Waals surface area contributed by atoms with E-state index in [9.17, 15) is 5.26 Å². The Morgan fingerprint density at radius 1 is 1.25 bits per heavy atom. The number of hydrogen-bond acceptors (Lipinski definition) is 1. The molecule has 1 aliphatic rings. The maximum Gasteiger partial charge on any atom is 0.0824 e. The van der Waals surface area contributed by atoms with Crippen LogP contribution in [-0.4, -0.2) is 0 Å². The number of benzene rings is 1. The third-order valence-corrected chi connectivity index (χ3v) is 3.50. The van der Waals surface area contributed by atoms with E-state index in [1.165, 1.54) is 5.56 Å². The first kappa shape index (κ1) is 11.5. The number of halogens is 1. The summed E-state index contributed by atoms with van der Waals surface area (Å²) in [6.07, 6.45) is 1.93. The zero-order valence-corrected chi connectivity index (χ0v) is 10.7. The van der Waals surface area contributed by atoms with E-state index >= 15 is 0 Å². The van der Waals surface area contributed by atoms with Crippen molar-refractivity contribution in [1.82, 2.24) is 0 Å². The van der Waals surface area contributed by atoms with Crippen molar-refractivity contribution in [3.63, 3.8) is 0 Å². The highest BCUT2D eigenvalue weighted by Gasteiger charge is 2.45. The Bertz CT molecular complexity index is 459. The summed E-state index contributed by atoms with van der Waals surface area (Å²) in [5.74, 6) is 0. The molecule has 0 atom stereocenters. The van der Waals surface area contributed by atoms with Gasteiger partial charge in [-0.15, -0.1) is 0 Å². The average Bonchev–Trinajstić information content (AvgIpc) is 2.96. The molecule has 0 saturated heterocycles. The molecule has 84 valence electrons. The van der Waals surface area contributed by atoms with Gasteiger partial charge in [0, 0.05) is 5.02 Å². The first-order chi connectivity index (χ1) is 7.37. The van der Waals surface area contributed by atoms with Gasteiger partial charge in [0.25, 0.3) is 0 Å². The Morgan fingerprint density at radius 3 is 2.31 bits per heavy atom. The molecule has 0 amide bonds. The molecule has 2 heteroatoms. The molecule has 1 aromatic rings. The predicted octanol–water partition coefficient (Wildman–Crippen LogP) is 4.19. The van der Waals surface area contributed by atoms with Crippen molar-refractivity contribution >= 4 is 11.6 Å². The normalized spacial score (nSPS) is 17.9. The molecule has 0 unspecified atom stereocenters. The molecule has 0 aromatic heterocycles. The number of hydrogen-bond donors (Lipinski definition) is 0. The molecule has 0 bridgehead atoms. The second-order valence-electron chi connectivity index (χ2n) is 5.67. The Morgan fingerprint density at radius 2 is 1.88 bits per heavy atom. The van der Waals surface area contributed by atoms with Gasteiger partial charge in [-0.3, -0.25) is 0 Å². The zero-order valence-electron chi connectivity index (χ0n) is 9.97. The summed E-state index contributed by atoms with van der Waals surface area (Å²) in [5, 5.41) is 9.94. The van der Waals surface area contributed by atoms with Crippen molar-refractivity contribution in [1.29, 1.82) is 5.26 Å². The van der Waals surface area contributed by atoms with Crippen LogP contribution < -0.4 is 0 Å². The summed E-state index contributed by atoms with van der Waals surface area (Å²) in [5.41, 5.74) is 2.12. The van der Waals surface area contributed by atoms with E-state index in [2.05, 4.69) is 32.9 Å². The highest BCUT2D eigenvalue weighted by atomic mass is 35.5. The summed E-state index contributed by atoms with van der Waals surface area (Å²) in [4.78, 5) is 0. The van der Waals surface area contributed by atoms with Crippen LogP contribution in [0.4, 0.5) is 0 Å². The Balaban J connectivity index is 2.50. The fourth-order valence-corrected chi connectivity index (χ4v) is 2.12. The molecule has 16 heavy (non-hydrogen) atoms. The minimum absolute atomic E-state index is 0.0746. The minimum atomic E-state index is -0.245. The highest BCUT2D eigenvalue weighted by Crippen LogP contribution is 2.48. The van der Waals surface area contributed by atoms with Crippen molar-refractivity contribution in [3.8, 4) is 6.07 Å². The first-order valence-electron chi connectivity index (χ1n) is 5.60. The van der Waals surface area contributed by atoms with Crippen molar-refractivity contribution in [3.05, 3.63) is 34.3 Å². The van der Waals surface area contributed by atoms with Crippen LogP contribution in [0.1, 0.15) is 44.7 Å². The SMILES string of the molecule is CC(C)(C)c1cc(Cl)cc(C2(C#N)CC2)c1. The van der Waals surface area contributed by atoms with Gasteiger partial charge in [-0.2, -0.15) is 5.26 Å². The van der Waals surface area contributed by atoms with Gasteiger partial charge in [0.05, 0.1) is 11.5 Å². The molecule has 1 aliphatic carbocycles. The van der Waals surface area contributed by atoms with Crippen LogP contribution in [0.2, 0.25) is 5.02 Å². The lowest BCUT2D eigenvalue weighted by Crippen LogP contribution is -2.13. The van der Waals surface area contributed by atoms with E-state index < -0.39 is 0 Å². The van der Waals surface area contributed by atoms with Gasteiger partial charge in [0.1, 0.15) is 0 Å². The Kier molecular flexibility index (Phi) is 2.51. The van der Waals surface area contributed by atoms with E-state index in [4.69, 9.17) is 11.6 Å². The van der Waals surface area contributed by atoms with Gasteiger partial charge in [0.2, 0.25) is 0 Å². The standard InChI is InChI=1S/C14H16ClN/c1-13(2,3)10-6-11(8-12(15)7-10)14(9-16)4-5-14/h6-8H,4-5H2,1-3H3. The molecule has 0 spiro atoms. The number of nitrogens with zero attached hydrogens (tertiary/aromatic N) is 1. The first-order valence-corrected chi connectivity index (χ1v) is 5.98. The summed E-state index contributed by atoms with van der Waals surface area (Å²) in [6.45, 7) is 6.48. The van der Waals surface area contributed by atoms with Crippen LogP contribution in [-0.2, 0) is 10.8 Å². The second-order valence-corrected chi connectivity index (χ2v) is 6.11. The molecule has 1 aromatic carbocycles. The van der Waals surface area contributed by atoms with Crippen LogP contribution in [0.5, 0.6) is 0 Å². The van der Waals surface area contributed by atoms with Crippen molar-refractivity contribution < 1.29 is 0 Å². The smallest absolute Gasteiger partial charge is 0.0824 e. The molecule has 0 aliphatic heterocycles. The fraction of sp³-hybridized carbons (Fsp3) is 0.500. The molecule has 0 heterocycles.